The van der Waals surface area contributed by atoms with E-state index >= 15 is 0 Å². The Bertz CT molecular complexity index is 955. The number of amides is 1. The molecule has 1 amide bonds. The van der Waals surface area contributed by atoms with Crippen molar-refractivity contribution < 1.29 is 9.53 Å². The van der Waals surface area contributed by atoms with Gasteiger partial charge >= 0.3 is 0 Å². The van der Waals surface area contributed by atoms with Crippen LogP contribution in [0, 0.1) is 6.92 Å². The minimum atomic E-state index is -0.268. The van der Waals surface area contributed by atoms with Gasteiger partial charge in [0.2, 0.25) is 5.95 Å². The standard InChI is InChI=1S/C22H24N4O2/c1-4-16-9-11-18(12-10-16)25-21(27)19-13-15(2)24-22(26-19)23-14-17-7-5-6-8-20(17)28-3/h5-13H,4,14H2,1-3H3,(H,25,27)(H,23,24,26). The van der Waals surface area contributed by atoms with E-state index in [2.05, 4.69) is 27.5 Å². The molecule has 0 atom stereocenters. The summed E-state index contributed by atoms with van der Waals surface area (Å²) in [5.74, 6) is 0.920. The first-order valence-corrected chi connectivity index (χ1v) is 9.20. The van der Waals surface area contributed by atoms with E-state index in [9.17, 15) is 4.79 Å². The summed E-state index contributed by atoms with van der Waals surface area (Å²) in [5.41, 5.74) is 3.97. The molecule has 3 aromatic rings. The third-order valence-corrected chi connectivity index (χ3v) is 4.34. The van der Waals surface area contributed by atoms with Crippen molar-refractivity contribution in [3.05, 3.63) is 77.1 Å². The first kappa shape index (κ1) is 19.4. The van der Waals surface area contributed by atoms with Crippen LogP contribution < -0.4 is 15.4 Å². The monoisotopic (exact) mass is 376 g/mol. The Morgan fingerprint density at radius 1 is 1.07 bits per heavy atom. The fourth-order valence-corrected chi connectivity index (χ4v) is 2.81. The molecular weight excluding hydrogens is 352 g/mol. The number of hydrogen-bond acceptors (Lipinski definition) is 5. The lowest BCUT2D eigenvalue weighted by Gasteiger charge is -2.11. The van der Waals surface area contributed by atoms with Crippen LogP contribution in [0.25, 0.3) is 0 Å². The Balaban J connectivity index is 1.72. The van der Waals surface area contributed by atoms with E-state index in [1.165, 1.54) is 5.56 Å². The SMILES string of the molecule is CCc1ccc(NC(=O)c2cc(C)nc(NCc3ccccc3OC)n2)cc1. The van der Waals surface area contributed by atoms with Gasteiger partial charge in [-0.2, -0.15) is 0 Å². The Kier molecular flexibility index (Phi) is 6.22. The highest BCUT2D eigenvalue weighted by atomic mass is 16.5. The Morgan fingerprint density at radius 3 is 2.54 bits per heavy atom. The van der Waals surface area contributed by atoms with Crippen LogP contribution in [0.3, 0.4) is 0 Å². The number of aromatic nitrogens is 2. The molecule has 0 saturated carbocycles. The van der Waals surface area contributed by atoms with E-state index < -0.39 is 0 Å². The molecule has 0 spiro atoms. The minimum Gasteiger partial charge on any atom is -0.496 e. The second-order valence-corrected chi connectivity index (χ2v) is 6.39. The molecule has 6 nitrogen and oxygen atoms in total. The highest BCUT2D eigenvalue weighted by molar-refractivity contribution is 6.03. The van der Waals surface area contributed by atoms with Crippen LogP contribution in [0.1, 0.15) is 34.2 Å². The van der Waals surface area contributed by atoms with Gasteiger partial charge in [0.05, 0.1) is 7.11 Å². The first-order valence-electron chi connectivity index (χ1n) is 9.20. The molecule has 0 unspecified atom stereocenters. The molecule has 0 radical (unpaired) electrons. The lowest BCUT2D eigenvalue weighted by molar-refractivity contribution is 0.102. The summed E-state index contributed by atoms with van der Waals surface area (Å²) >= 11 is 0. The number of carbonyl (C=O) groups excluding carboxylic acids is 1. The largest absolute Gasteiger partial charge is 0.496 e. The number of benzene rings is 2. The highest BCUT2D eigenvalue weighted by Gasteiger charge is 2.12. The van der Waals surface area contributed by atoms with E-state index in [4.69, 9.17) is 4.74 Å². The van der Waals surface area contributed by atoms with E-state index in [0.29, 0.717) is 23.9 Å². The zero-order valence-corrected chi connectivity index (χ0v) is 16.3. The molecule has 0 bridgehead atoms. The molecule has 3 rings (SSSR count). The minimum absolute atomic E-state index is 0.268. The van der Waals surface area contributed by atoms with Gasteiger partial charge in [-0.05, 0) is 43.2 Å². The van der Waals surface area contributed by atoms with Gasteiger partial charge in [-0.25, -0.2) is 9.97 Å². The van der Waals surface area contributed by atoms with Crippen LogP contribution in [0.15, 0.2) is 54.6 Å². The number of nitrogens with one attached hydrogen (secondary N) is 2. The topological polar surface area (TPSA) is 76.1 Å². The molecule has 2 N–H and O–H groups in total. The van der Waals surface area contributed by atoms with Crippen molar-refractivity contribution in [3.8, 4) is 5.75 Å². The number of para-hydroxylation sites is 1. The van der Waals surface area contributed by atoms with Crippen LogP contribution in [0.5, 0.6) is 5.75 Å². The number of rotatable bonds is 7. The maximum atomic E-state index is 12.6. The van der Waals surface area contributed by atoms with Crippen LogP contribution >= 0.6 is 0 Å². The van der Waals surface area contributed by atoms with Crippen LogP contribution in [-0.2, 0) is 13.0 Å². The average molecular weight is 376 g/mol. The molecule has 144 valence electrons. The number of ether oxygens (including phenoxy) is 1. The molecule has 1 heterocycles. The van der Waals surface area contributed by atoms with Crippen molar-refractivity contribution in [3.63, 3.8) is 0 Å². The lowest BCUT2D eigenvalue weighted by atomic mass is 10.1. The number of anilines is 2. The maximum absolute atomic E-state index is 12.6. The number of aryl methyl sites for hydroxylation is 2. The first-order chi connectivity index (χ1) is 13.6. The number of methoxy groups -OCH3 is 1. The van der Waals surface area contributed by atoms with Gasteiger partial charge < -0.3 is 15.4 Å². The van der Waals surface area contributed by atoms with Gasteiger partial charge in [0.15, 0.2) is 0 Å². The van der Waals surface area contributed by atoms with Gasteiger partial charge in [-0.15, -0.1) is 0 Å². The third kappa shape index (κ3) is 4.85. The molecular formula is C22H24N4O2. The lowest BCUT2D eigenvalue weighted by Crippen LogP contribution is -2.16. The molecule has 0 fully saturated rings. The Hall–Kier alpha value is -3.41. The molecule has 1 aromatic heterocycles. The summed E-state index contributed by atoms with van der Waals surface area (Å²) in [5, 5.41) is 6.05. The second-order valence-electron chi connectivity index (χ2n) is 6.39. The second kappa shape index (κ2) is 8.99. The van der Waals surface area contributed by atoms with Crippen molar-refractivity contribution >= 4 is 17.5 Å². The molecule has 0 aliphatic heterocycles. The highest BCUT2D eigenvalue weighted by Crippen LogP contribution is 2.18. The van der Waals surface area contributed by atoms with E-state index in [1.54, 1.807) is 13.2 Å². The number of hydrogen-bond donors (Lipinski definition) is 2. The quantitative estimate of drug-likeness (QED) is 0.646. The summed E-state index contributed by atoms with van der Waals surface area (Å²) in [6, 6.07) is 17.2. The third-order valence-electron chi connectivity index (χ3n) is 4.34. The van der Waals surface area contributed by atoms with Crippen LogP contribution in [0.4, 0.5) is 11.6 Å². The summed E-state index contributed by atoms with van der Waals surface area (Å²) in [7, 11) is 1.64. The molecule has 28 heavy (non-hydrogen) atoms. The Morgan fingerprint density at radius 2 is 1.82 bits per heavy atom. The summed E-state index contributed by atoms with van der Waals surface area (Å²) in [6.07, 6.45) is 0.959. The number of nitrogens with zero attached hydrogens (tertiary/aromatic N) is 2. The van der Waals surface area contributed by atoms with Gasteiger partial charge in [-0.1, -0.05) is 37.3 Å². The van der Waals surface area contributed by atoms with Crippen molar-refractivity contribution in [2.24, 2.45) is 0 Å². The smallest absolute Gasteiger partial charge is 0.274 e. The van der Waals surface area contributed by atoms with Gasteiger partial charge in [0.25, 0.3) is 5.91 Å². The van der Waals surface area contributed by atoms with Crippen molar-refractivity contribution in [2.45, 2.75) is 26.8 Å². The van der Waals surface area contributed by atoms with Crippen LogP contribution in [0.2, 0.25) is 0 Å². The van der Waals surface area contributed by atoms with Crippen LogP contribution in [-0.4, -0.2) is 23.0 Å². The van der Waals surface area contributed by atoms with Crippen molar-refractivity contribution in [1.82, 2.24) is 9.97 Å². The summed E-state index contributed by atoms with van der Waals surface area (Å²) in [4.78, 5) is 21.3. The predicted molar refractivity (Wildman–Crippen MR) is 111 cm³/mol. The normalized spacial score (nSPS) is 10.4. The molecule has 0 saturated heterocycles. The Labute approximate surface area is 165 Å². The van der Waals surface area contributed by atoms with E-state index in [0.717, 1.165) is 23.4 Å². The fourth-order valence-electron chi connectivity index (χ4n) is 2.81. The number of carbonyl (C=O) groups is 1. The fraction of sp³-hybridized carbons (Fsp3) is 0.227. The zero-order chi connectivity index (χ0) is 19.9. The maximum Gasteiger partial charge on any atom is 0.274 e. The summed E-state index contributed by atoms with van der Waals surface area (Å²) in [6.45, 7) is 4.42. The summed E-state index contributed by atoms with van der Waals surface area (Å²) < 4.78 is 5.36. The molecule has 0 aliphatic rings. The molecule has 6 heteroatoms. The van der Waals surface area contributed by atoms with Crippen molar-refractivity contribution in [2.75, 3.05) is 17.7 Å². The van der Waals surface area contributed by atoms with E-state index in [1.807, 2.05) is 55.5 Å². The van der Waals surface area contributed by atoms with Gasteiger partial charge in [-0.3, -0.25) is 4.79 Å². The van der Waals surface area contributed by atoms with Crippen molar-refractivity contribution in [1.29, 1.82) is 0 Å². The zero-order valence-electron chi connectivity index (χ0n) is 16.3. The van der Waals surface area contributed by atoms with E-state index in [-0.39, 0.29) is 5.91 Å². The molecule has 0 aliphatic carbocycles. The van der Waals surface area contributed by atoms with Gasteiger partial charge in [0.1, 0.15) is 11.4 Å². The average Bonchev–Trinajstić information content (AvgIpc) is 2.72. The predicted octanol–water partition coefficient (Wildman–Crippen LogP) is 4.22. The van der Waals surface area contributed by atoms with Gasteiger partial charge in [0, 0.05) is 23.5 Å². The molecule has 2 aromatic carbocycles.